The lowest BCUT2D eigenvalue weighted by atomic mass is 10.1. The Morgan fingerprint density at radius 3 is 2.54 bits per heavy atom. The number of para-hydroxylation sites is 1. The monoisotopic (exact) mass is 387 g/mol. The number of nitrogens with zero attached hydrogens (tertiary/aromatic N) is 3. The normalized spacial score (nSPS) is 11.4. The summed E-state index contributed by atoms with van der Waals surface area (Å²) in [5.41, 5.74) is 3.96. The van der Waals surface area contributed by atoms with Gasteiger partial charge in [0.25, 0.3) is 5.56 Å². The van der Waals surface area contributed by atoms with E-state index in [4.69, 9.17) is 16.6 Å². The van der Waals surface area contributed by atoms with E-state index in [2.05, 4.69) is 4.98 Å². The average Bonchev–Trinajstić information content (AvgIpc) is 2.68. The fourth-order valence-electron chi connectivity index (χ4n) is 3.15. The molecule has 0 saturated heterocycles. The Hall–Kier alpha value is -3.24. The Bertz CT molecular complexity index is 1270. The molecule has 0 radical (unpaired) electrons. The predicted octanol–water partition coefficient (Wildman–Crippen LogP) is 5.22. The highest BCUT2D eigenvalue weighted by Crippen LogP contribution is 2.20. The molecule has 5 heteroatoms. The molecule has 2 aromatic heterocycles. The van der Waals surface area contributed by atoms with Gasteiger partial charge in [0.2, 0.25) is 0 Å². The lowest BCUT2D eigenvalue weighted by Gasteiger charge is -2.13. The van der Waals surface area contributed by atoms with Gasteiger partial charge in [0.05, 0.1) is 22.3 Å². The van der Waals surface area contributed by atoms with Gasteiger partial charge >= 0.3 is 0 Å². The second-order valence-corrected chi connectivity index (χ2v) is 7.03. The van der Waals surface area contributed by atoms with Crippen molar-refractivity contribution in [2.75, 3.05) is 0 Å². The molecule has 0 saturated carbocycles. The van der Waals surface area contributed by atoms with Crippen LogP contribution in [0.15, 0.2) is 65.5 Å². The summed E-state index contributed by atoms with van der Waals surface area (Å²) in [6.45, 7) is 3.91. The Morgan fingerprint density at radius 1 is 0.929 bits per heavy atom. The fraction of sp³-hybridized carbons (Fsp3) is 0.0870. The van der Waals surface area contributed by atoms with E-state index in [-0.39, 0.29) is 5.56 Å². The smallest absolute Gasteiger partial charge is 0.266 e. The highest BCUT2D eigenvalue weighted by molar-refractivity contribution is 6.31. The van der Waals surface area contributed by atoms with Crippen LogP contribution in [0.3, 0.4) is 0 Å². The molecule has 0 atom stereocenters. The molecular formula is C23H18ClN3O. The first-order valence-electron chi connectivity index (χ1n) is 8.93. The topological polar surface area (TPSA) is 47.8 Å². The van der Waals surface area contributed by atoms with Crippen LogP contribution in [0.1, 0.15) is 22.8 Å². The van der Waals surface area contributed by atoms with Gasteiger partial charge in [-0.3, -0.25) is 14.3 Å². The SMILES string of the molecule is Cc1cccc(/C=C/c2nc3ccc(Cl)cc3c(=O)n2-c2ccccc2C)n1. The van der Waals surface area contributed by atoms with Gasteiger partial charge in [0, 0.05) is 10.7 Å². The Kier molecular flexibility index (Phi) is 4.80. The van der Waals surface area contributed by atoms with Crippen LogP contribution >= 0.6 is 11.6 Å². The number of pyridine rings is 1. The summed E-state index contributed by atoms with van der Waals surface area (Å²) >= 11 is 6.12. The van der Waals surface area contributed by atoms with Gasteiger partial charge in [0.1, 0.15) is 5.82 Å². The van der Waals surface area contributed by atoms with Crippen molar-refractivity contribution in [2.24, 2.45) is 0 Å². The predicted molar refractivity (Wildman–Crippen MR) is 115 cm³/mol. The van der Waals surface area contributed by atoms with Crippen LogP contribution in [-0.4, -0.2) is 14.5 Å². The summed E-state index contributed by atoms with van der Waals surface area (Å²) in [6, 6.07) is 18.7. The van der Waals surface area contributed by atoms with E-state index in [0.29, 0.717) is 21.7 Å². The minimum absolute atomic E-state index is 0.154. The standard InChI is InChI=1S/C23H18ClN3O/c1-15-6-3-4-9-21(15)27-22(13-11-18-8-5-7-16(2)25-18)26-20-12-10-17(24)14-19(20)23(27)28/h3-14H,1-2H3/b13-11+. The van der Waals surface area contributed by atoms with Crippen molar-refractivity contribution in [1.29, 1.82) is 0 Å². The van der Waals surface area contributed by atoms with Gasteiger partial charge in [-0.25, -0.2) is 4.98 Å². The zero-order valence-corrected chi connectivity index (χ0v) is 16.3. The summed E-state index contributed by atoms with van der Waals surface area (Å²) in [4.78, 5) is 22.5. The molecule has 0 aliphatic carbocycles. The molecule has 0 spiro atoms. The molecule has 2 aromatic carbocycles. The molecule has 4 aromatic rings. The first-order valence-corrected chi connectivity index (χ1v) is 9.31. The maximum Gasteiger partial charge on any atom is 0.266 e. The van der Waals surface area contributed by atoms with Gasteiger partial charge in [-0.1, -0.05) is 35.9 Å². The third kappa shape index (κ3) is 3.47. The van der Waals surface area contributed by atoms with Crippen molar-refractivity contribution in [3.05, 3.63) is 98.8 Å². The van der Waals surface area contributed by atoms with Gasteiger partial charge in [-0.05, 0) is 68.0 Å². The van der Waals surface area contributed by atoms with Gasteiger partial charge in [-0.2, -0.15) is 0 Å². The second-order valence-electron chi connectivity index (χ2n) is 6.60. The zero-order valence-electron chi connectivity index (χ0n) is 15.6. The Balaban J connectivity index is 1.98. The molecule has 0 fully saturated rings. The summed E-state index contributed by atoms with van der Waals surface area (Å²) in [5.74, 6) is 0.539. The molecule has 138 valence electrons. The van der Waals surface area contributed by atoms with E-state index in [1.165, 1.54) is 0 Å². The number of aromatic nitrogens is 3. The number of hydrogen-bond acceptors (Lipinski definition) is 3. The molecule has 0 N–H and O–H groups in total. The summed E-state index contributed by atoms with van der Waals surface area (Å²) in [6.07, 6.45) is 3.69. The van der Waals surface area contributed by atoms with E-state index < -0.39 is 0 Å². The van der Waals surface area contributed by atoms with Crippen molar-refractivity contribution >= 4 is 34.7 Å². The molecule has 0 aliphatic rings. The minimum Gasteiger partial charge on any atom is -0.268 e. The van der Waals surface area contributed by atoms with Crippen LogP contribution in [0, 0.1) is 13.8 Å². The third-order valence-electron chi connectivity index (χ3n) is 4.53. The van der Waals surface area contributed by atoms with Crippen LogP contribution in [0.25, 0.3) is 28.7 Å². The maximum atomic E-state index is 13.3. The Labute approximate surface area is 167 Å². The minimum atomic E-state index is -0.154. The quantitative estimate of drug-likeness (QED) is 0.484. The molecule has 0 amide bonds. The number of hydrogen-bond donors (Lipinski definition) is 0. The van der Waals surface area contributed by atoms with E-state index in [1.807, 2.05) is 68.5 Å². The highest BCUT2D eigenvalue weighted by Gasteiger charge is 2.13. The molecule has 2 heterocycles. The van der Waals surface area contributed by atoms with Gasteiger partial charge < -0.3 is 0 Å². The molecule has 0 aliphatic heterocycles. The first kappa shape index (κ1) is 18.1. The number of aryl methyl sites for hydroxylation is 2. The van der Waals surface area contributed by atoms with Crippen molar-refractivity contribution in [3.8, 4) is 5.69 Å². The second kappa shape index (κ2) is 7.41. The van der Waals surface area contributed by atoms with Crippen LogP contribution in [0.2, 0.25) is 5.02 Å². The summed E-state index contributed by atoms with van der Waals surface area (Å²) in [7, 11) is 0. The largest absolute Gasteiger partial charge is 0.268 e. The Morgan fingerprint density at radius 2 is 1.75 bits per heavy atom. The van der Waals surface area contributed by atoms with Crippen molar-refractivity contribution in [1.82, 2.24) is 14.5 Å². The summed E-state index contributed by atoms with van der Waals surface area (Å²) in [5, 5.41) is 0.997. The average molecular weight is 388 g/mol. The molecule has 28 heavy (non-hydrogen) atoms. The van der Waals surface area contributed by atoms with E-state index in [9.17, 15) is 4.79 Å². The fourth-order valence-corrected chi connectivity index (χ4v) is 3.32. The third-order valence-corrected chi connectivity index (χ3v) is 4.76. The van der Waals surface area contributed by atoms with Crippen molar-refractivity contribution < 1.29 is 0 Å². The number of benzene rings is 2. The lowest BCUT2D eigenvalue weighted by molar-refractivity contribution is 0.934. The zero-order chi connectivity index (χ0) is 19.7. The molecular weight excluding hydrogens is 370 g/mol. The van der Waals surface area contributed by atoms with E-state index >= 15 is 0 Å². The summed E-state index contributed by atoms with van der Waals surface area (Å²) < 4.78 is 1.63. The first-order chi connectivity index (χ1) is 13.5. The van der Waals surface area contributed by atoms with Crippen LogP contribution in [0.4, 0.5) is 0 Å². The number of rotatable bonds is 3. The molecule has 4 rings (SSSR count). The van der Waals surface area contributed by atoms with E-state index in [1.54, 1.807) is 22.8 Å². The van der Waals surface area contributed by atoms with Crippen LogP contribution in [-0.2, 0) is 0 Å². The van der Waals surface area contributed by atoms with Crippen molar-refractivity contribution in [2.45, 2.75) is 13.8 Å². The number of fused-ring (bicyclic) bond motifs is 1. The maximum absolute atomic E-state index is 13.3. The van der Waals surface area contributed by atoms with E-state index in [0.717, 1.165) is 22.6 Å². The lowest BCUT2D eigenvalue weighted by Crippen LogP contribution is -2.23. The van der Waals surface area contributed by atoms with Crippen molar-refractivity contribution in [3.63, 3.8) is 0 Å². The molecule has 0 unspecified atom stereocenters. The molecule has 4 nitrogen and oxygen atoms in total. The van der Waals surface area contributed by atoms with Crippen LogP contribution in [0.5, 0.6) is 0 Å². The van der Waals surface area contributed by atoms with Gasteiger partial charge in [0.15, 0.2) is 0 Å². The van der Waals surface area contributed by atoms with Crippen LogP contribution < -0.4 is 5.56 Å². The molecule has 0 bridgehead atoms. The van der Waals surface area contributed by atoms with Gasteiger partial charge in [-0.15, -0.1) is 0 Å². The highest BCUT2D eigenvalue weighted by atomic mass is 35.5. The number of halogens is 1.